The van der Waals surface area contributed by atoms with Gasteiger partial charge >= 0.3 is 5.97 Å². The van der Waals surface area contributed by atoms with Gasteiger partial charge < -0.3 is 14.6 Å². The molecule has 88 valence electrons. The van der Waals surface area contributed by atoms with E-state index in [9.17, 15) is 9.90 Å². The molecule has 1 saturated heterocycles. The minimum Gasteiger partial charge on any atom is -0.478 e. The van der Waals surface area contributed by atoms with E-state index >= 15 is 0 Å². The van der Waals surface area contributed by atoms with Gasteiger partial charge in [0, 0.05) is 12.7 Å². The number of aliphatic hydroxyl groups is 1. The van der Waals surface area contributed by atoms with Crippen molar-refractivity contribution in [2.24, 2.45) is 0 Å². The van der Waals surface area contributed by atoms with Crippen LogP contribution in [0.4, 0.5) is 0 Å². The van der Waals surface area contributed by atoms with E-state index in [4.69, 9.17) is 9.53 Å². The van der Waals surface area contributed by atoms with Crippen molar-refractivity contribution in [1.29, 1.82) is 0 Å². The van der Waals surface area contributed by atoms with Crippen LogP contribution < -0.4 is 0 Å². The van der Waals surface area contributed by atoms with Crippen molar-refractivity contribution in [3.8, 4) is 0 Å². The van der Waals surface area contributed by atoms with Gasteiger partial charge in [0.1, 0.15) is 0 Å². The van der Waals surface area contributed by atoms with E-state index in [-0.39, 0.29) is 5.73 Å². The summed E-state index contributed by atoms with van der Waals surface area (Å²) in [7, 11) is -1.16. The molecule has 2 N–H and O–H groups in total. The normalized spacial score (nSPS) is 22.1. The molecule has 1 fully saturated rings. The highest BCUT2D eigenvalue weighted by Crippen LogP contribution is 2.14. The summed E-state index contributed by atoms with van der Waals surface area (Å²) >= 11 is 0. The molecule has 0 aromatic carbocycles. The molecule has 1 aliphatic rings. The maximum atomic E-state index is 9.42. The molecule has 0 bridgehead atoms. The summed E-state index contributed by atoms with van der Waals surface area (Å²) in [4.78, 5) is 9.25. The molecule has 1 heterocycles. The first kappa shape index (κ1) is 14.3. The van der Waals surface area contributed by atoms with Crippen molar-refractivity contribution >= 4 is 15.0 Å². The van der Waals surface area contributed by atoms with E-state index in [1.165, 1.54) is 18.9 Å². The van der Waals surface area contributed by atoms with E-state index in [2.05, 4.69) is 6.58 Å². The summed E-state index contributed by atoms with van der Waals surface area (Å²) in [5, 5.41) is 17.0. The van der Waals surface area contributed by atoms with E-state index < -0.39 is 15.0 Å². The van der Waals surface area contributed by atoms with Crippen LogP contribution in [-0.2, 0) is 9.22 Å². The Morgan fingerprint density at radius 3 is 2.60 bits per heavy atom. The van der Waals surface area contributed by atoms with E-state index in [0.29, 0.717) is 0 Å². The van der Waals surface area contributed by atoms with Crippen molar-refractivity contribution in [2.45, 2.75) is 38.0 Å². The second-order valence-electron chi connectivity index (χ2n) is 3.42. The van der Waals surface area contributed by atoms with Gasteiger partial charge in [-0.2, -0.15) is 0 Å². The van der Waals surface area contributed by atoms with E-state index in [0.717, 1.165) is 19.1 Å². The molecule has 0 aliphatic carbocycles. The third-order valence-electron chi connectivity index (χ3n) is 2.24. The number of hydrogen-bond acceptors (Lipinski definition) is 3. The largest absolute Gasteiger partial charge is 0.478 e. The van der Waals surface area contributed by atoms with Gasteiger partial charge in [-0.3, -0.25) is 0 Å². The van der Waals surface area contributed by atoms with Gasteiger partial charge in [0.05, 0.1) is 5.73 Å². The summed E-state index contributed by atoms with van der Waals surface area (Å²) in [6, 6.07) is 1.18. The minimum atomic E-state index is -1.16. The predicted octanol–water partition coefficient (Wildman–Crippen LogP) is 1.09. The van der Waals surface area contributed by atoms with Gasteiger partial charge in [0.25, 0.3) is 0 Å². The molecule has 4 nitrogen and oxygen atoms in total. The Labute approximate surface area is 92.3 Å². The Bertz CT molecular complexity index is 190. The van der Waals surface area contributed by atoms with Gasteiger partial charge in [-0.1, -0.05) is 19.9 Å². The molecule has 2 unspecified atom stereocenters. The van der Waals surface area contributed by atoms with Crippen LogP contribution in [0.15, 0.2) is 12.7 Å². The van der Waals surface area contributed by atoms with Gasteiger partial charge in [-0.15, -0.1) is 0 Å². The fraction of sp³-hybridized carbons (Fsp3) is 0.700. The number of aliphatic carboxylic acids is 1. The monoisotopic (exact) mass is 232 g/mol. The zero-order valence-electron chi connectivity index (χ0n) is 9.19. The summed E-state index contributed by atoms with van der Waals surface area (Å²) < 4.78 is 5.52. The highest BCUT2D eigenvalue weighted by molar-refractivity contribution is 6.53. The van der Waals surface area contributed by atoms with Crippen LogP contribution in [0.3, 0.4) is 0 Å². The van der Waals surface area contributed by atoms with E-state index in [1.54, 1.807) is 0 Å². The molecule has 0 amide bonds. The molecule has 15 heavy (non-hydrogen) atoms. The van der Waals surface area contributed by atoms with Crippen LogP contribution in [0, 0.1) is 0 Å². The maximum Gasteiger partial charge on any atom is 0.327 e. The van der Waals surface area contributed by atoms with Gasteiger partial charge in [-0.25, -0.2) is 4.79 Å². The molecule has 0 radical (unpaired) electrons. The Morgan fingerprint density at radius 1 is 1.67 bits per heavy atom. The second-order valence-corrected chi connectivity index (χ2v) is 6.18. The average Bonchev–Trinajstić information content (AvgIpc) is 2.30. The van der Waals surface area contributed by atoms with Crippen molar-refractivity contribution in [3.05, 3.63) is 12.7 Å². The average molecular weight is 232 g/mol. The molecule has 1 aliphatic heterocycles. The summed E-state index contributed by atoms with van der Waals surface area (Å²) in [5.41, 5.74) is -0.0969. The van der Waals surface area contributed by atoms with Crippen LogP contribution in [-0.4, -0.2) is 37.6 Å². The molecule has 2 atom stereocenters. The quantitative estimate of drug-likeness (QED) is 0.564. The molecule has 0 spiro atoms. The second kappa shape index (κ2) is 8.64. The molecule has 0 saturated carbocycles. The minimum absolute atomic E-state index is 0.0969. The number of hydrogen-bond donors (Lipinski definition) is 2. The lowest BCUT2D eigenvalue weighted by Gasteiger charge is -2.24. The SMILES string of the molecule is C=CC(=O)O.CCC(O)[SiH]1CCCCO1. The fourth-order valence-electron chi connectivity index (χ4n) is 1.33. The standard InChI is InChI=1S/C7H16O2Si.C3H4O2/c1-2-7(8)10-6-4-3-5-9-10;1-2-3(4)5/h7-8,10H,2-6H2,1H3;2H,1H2,(H,4,5). The number of rotatable bonds is 3. The Kier molecular flexibility index (Phi) is 8.26. The van der Waals surface area contributed by atoms with Crippen LogP contribution in [0.1, 0.15) is 26.2 Å². The predicted molar refractivity (Wildman–Crippen MR) is 61.3 cm³/mol. The lowest BCUT2D eigenvalue weighted by Crippen LogP contribution is -2.36. The topological polar surface area (TPSA) is 66.8 Å². The highest BCUT2D eigenvalue weighted by atomic mass is 28.3. The first-order valence-electron chi connectivity index (χ1n) is 5.26. The number of carboxylic acids is 1. The lowest BCUT2D eigenvalue weighted by molar-refractivity contribution is -0.131. The first-order valence-corrected chi connectivity index (χ1v) is 7.22. The van der Waals surface area contributed by atoms with Gasteiger partial charge in [0.15, 0.2) is 0 Å². The number of carboxylic acid groups (broad SMARTS) is 1. The molecular formula is C10H20O4Si. The first-order chi connectivity index (χ1) is 7.11. The lowest BCUT2D eigenvalue weighted by atomic mass is 10.4. The summed E-state index contributed by atoms with van der Waals surface area (Å²) in [6.07, 6.45) is 4.17. The molecule has 5 heteroatoms. The van der Waals surface area contributed by atoms with Gasteiger partial charge in [-0.05, 0) is 18.9 Å². The Hall–Kier alpha value is -0.653. The molecule has 0 aromatic heterocycles. The molecule has 1 rings (SSSR count). The summed E-state index contributed by atoms with van der Waals surface area (Å²) in [5.74, 6) is -0.981. The maximum absolute atomic E-state index is 9.42. The third kappa shape index (κ3) is 7.30. The molecule has 0 aromatic rings. The zero-order chi connectivity index (χ0) is 11.7. The van der Waals surface area contributed by atoms with Crippen molar-refractivity contribution in [2.75, 3.05) is 6.61 Å². The van der Waals surface area contributed by atoms with Crippen molar-refractivity contribution < 1.29 is 19.4 Å². The van der Waals surface area contributed by atoms with Crippen molar-refractivity contribution in [3.63, 3.8) is 0 Å². The van der Waals surface area contributed by atoms with Crippen LogP contribution in [0.25, 0.3) is 0 Å². The van der Waals surface area contributed by atoms with Crippen molar-refractivity contribution in [1.82, 2.24) is 0 Å². The fourth-order valence-corrected chi connectivity index (χ4v) is 3.79. The Morgan fingerprint density at radius 2 is 2.27 bits per heavy atom. The molecular weight excluding hydrogens is 212 g/mol. The van der Waals surface area contributed by atoms with Gasteiger partial charge in [0.2, 0.25) is 9.04 Å². The summed E-state index contributed by atoms with van der Waals surface area (Å²) in [6.45, 7) is 5.88. The zero-order valence-corrected chi connectivity index (χ0v) is 10.3. The number of aliphatic hydroxyl groups excluding tert-OH is 1. The van der Waals surface area contributed by atoms with Crippen LogP contribution >= 0.6 is 0 Å². The smallest absolute Gasteiger partial charge is 0.327 e. The third-order valence-corrected chi connectivity index (χ3v) is 5.21. The highest BCUT2D eigenvalue weighted by Gasteiger charge is 2.22. The van der Waals surface area contributed by atoms with E-state index in [1.807, 2.05) is 6.92 Å². The van der Waals surface area contributed by atoms with Crippen LogP contribution in [0.2, 0.25) is 6.04 Å². The van der Waals surface area contributed by atoms with Crippen LogP contribution in [0.5, 0.6) is 0 Å². The Balaban J connectivity index is 0.000000336. The number of carbonyl (C=O) groups is 1.